The zero-order valence-electron chi connectivity index (χ0n) is 12.5. The third-order valence-corrected chi connectivity index (χ3v) is 3.57. The molecule has 1 heterocycles. The van der Waals surface area contributed by atoms with Crippen LogP contribution in [0.15, 0.2) is 53.3 Å². The van der Waals surface area contributed by atoms with Crippen LogP contribution in [0.3, 0.4) is 0 Å². The standard InChI is InChI=1S/C17H11F3N2O3/c18-17(19,20)14-7-6-12(16(25)22-14)15(24)21-13-3-1-2-9-8-10(23)4-5-11(9)13/h1-8,23H,(H,21,24)(H,22,25). The number of aromatic nitrogens is 1. The number of amides is 1. The Morgan fingerprint density at radius 3 is 2.52 bits per heavy atom. The van der Waals surface area contributed by atoms with Crippen LogP contribution in [0.5, 0.6) is 5.75 Å². The SMILES string of the molecule is O=C(Nc1cccc2cc(O)ccc12)c1ccc(C(F)(F)F)[nH]c1=O. The predicted octanol–water partition coefficient (Wildman–Crippen LogP) is 3.50. The van der Waals surface area contributed by atoms with Gasteiger partial charge in [0.2, 0.25) is 0 Å². The van der Waals surface area contributed by atoms with Crippen LogP contribution in [0, 0.1) is 0 Å². The van der Waals surface area contributed by atoms with E-state index in [0.717, 1.165) is 6.07 Å². The van der Waals surface area contributed by atoms with Gasteiger partial charge in [0.25, 0.3) is 11.5 Å². The molecule has 0 fully saturated rings. The van der Waals surface area contributed by atoms with Crippen molar-refractivity contribution in [3.05, 3.63) is 70.1 Å². The molecule has 0 unspecified atom stereocenters. The van der Waals surface area contributed by atoms with Crippen molar-refractivity contribution >= 4 is 22.4 Å². The predicted molar refractivity (Wildman–Crippen MR) is 85.6 cm³/mol. The van der Waals surface area contributed by atoms with Gasteiger partial charge in [0.15, 0.2) is 0 Å². The van der Waals surface area contributed by atoms with Crippen molar-refractivity contribution in [2.75, 3.05) is 5.32 Å². The smallest absolute Gasteiger partial charge is 0.431 e. The number of phenolic OH excluding ortho intramolecular Hbond substituents is 1. The van der Waals surface area contributed by atoms with Gasteiger partial charge in [0.05, 0.1) is 0 Å². The van der Waals surface area contributed by atoms with Gasteiger partial charge in [-0.3, -0.25) is 9.59 Å². The topological polar surface area (TPSA) is 82.2 Å². The molecule has 8 heteroatoms. The number of phenols is 1. The van der Waals surface area contributed by atoms with E-state index < -0.39 is 28.9 Å². The summed E-state index contributed by atoms with van der Waals surface area (Å²) in [5, 5.41) is 13.2. The summed E-state index contributed by atoms with van der Waals surface area (Å²) in [6.45, 7) is 0. The average Bonchev–Trinajstić information content (AvgIpc) is 2.53. The van der Waals surface area contributed by atoms with Gasteiger partial charge in [-0.2, -0.15) is 13.2 Å². The molecule has 0 saturated carbocycles. The number of alkyl halides is 3. The molecular formula is C17H11F3N2O3. The number of hydrogen-bond donors (Lipinski definition) is 3. The maximum Gasteiger partial charge on any atom is 0.431 e. The average molecular weight is 348 g/mol. The van der Waals surface area contributed by atoms with Crippen LogP contribution in [0.1, 0.15) is 16.1 Å². The van der Waals surface area contributed by atoms with Crippen molar-refractivity contribution in [3.63, 3.8) is 0 Å². The van der Waals surface area contributed by atoms with Crippen LogP contribution in [0.2, 0.25) is 0 Å². The summed E-state index contributed by atoms with van der Waals surface area (Å²) in [5.74, 6) is -0.786. The number of fused-ring (bicyclic) bond motifs is 1. The van der Waals surface area contributed by atoms with Crippen molar-refractivity contribution < 1.29 is 23.1 Å². The number of nitrogens with one attached hydrogen (secondary N) is 2. The molecule has 0 spiro atoms. The number of hydrogen-bond acceptors (Lipinski definition) is 3. The Morgan fingerprint density at radius 1 is 1.08 bits per heavy atom. The summed E-state index contributed by atoms with van der Waals surface area (Å²) in [4.78, 5) is 25.7. The Bertz CT molecular complexity index is 1030. The van der Waals surface area contributed by atoms with Crippen LogP contribution in [-0.4, -0.2) is 16.0 Å². The highest BCUT2D eigenvalue weighted by Gasteiger charge is 2.32. The van der Waals surface area contributed by atoms with E-state index in [4.69, 9.17) is 0 Å². The Balaban J connectivity index is 1.95. The highest BCUT2D eigenvalue weighted by atomic mass is 19.4. The first-order valence-corrected chi connectivity index (χ1v) is 7.09. The summed E-state index contributed by atoms with van der Waals surface area (Å²) in [6.07, 6.45) is -4.70. The third-order valence-electron chi connectivity index (χ3n) is 3.57. The van der Waals surface area contributed by atoms with Crippen LogP contribution in [0.25, 0.3) is 10.8 Å². The van der Waals surface area contributed by atoms with Gasteiger partial charge in [-0.1, -0.05) is 12.1 Å². The Kier molecular flexibility index (Phi) is 3.96. The summed E-state index contributed by atoms with van der Waals surface area (Å²) < 4.78 is 37.7. The first kappa shape index (κ1) is 16.6. The maximum atomic E-state index is 12.6. The fourth-order valence-electron chi connectivity index (χ4n) is 2.39. The van der Waals surface area contributed by atoms with E-state index in [2.05, 4.69) is 5.32 Å². The number of halogens is 3. The van der Waals surface area contributed by atoms with E-state index in [9.17, 15) is 27.9 Å². The Labute approximate surface area is 138 Å². The molecule has 0 atom stereocenters. The highest BCUT2D eigenvalue weighted by Crippen LogP contribution is 2.28. The molecule has 25 heavy (non-hydrogen) atoms. The van der Waals surface area contributed by atoms with Crippen molar-refractivity contribution in [1.82, 2.24) is 4.98 Å². The van der Waals surface area contributed by atoms with Gasteiger partial charge in [-0.15, -0.1) is 0 Å². The molecule has 1 amide bonds. The molecule has 0 saturated heterocycles. The van der Waals surface area contributed by atoms with Crippen molar-refractivity contribution in [1.29, 1.82) is 0 Å². The Hall–Kier alpha value is -3.29. The fraction of sp³-hybridized carbons (Fsp3) is 0.0588. The summed E-state index contributed by atoms with van der Waals surface area (Å²) in [7, 11) is 0. The number of benzene rings is 2. The molecule has 0 aliphatic carbocycles. The van der Waals surface area contributed by atoms with Crippen LogP contribution in [0.4, 0.5) is 18.9 Å². The van der Waals surface area contributed by atoms with Crippen molar-refractivity contribution in [2.45, 2.75) is 6.18 Å². The van der Waals surface area contributed by atoms with Gasteiger partial charge >= 0.3 is 6.18 Å². The third kappa shape index (κ3) is 3.32. The van der Waals surface area contributed by atoms with E-state index >= 15 is 0 Å². The lowest BCUT2D eigenvalue weighted by Gasteiger charge is -2.10. The number of carbonyl (C=O) groups is 1. The lowest BCUT2D eigenvalue weighted by Crippen LogP contribution is -2.25. The van der Waals surface area contributed by atoms with Gasteiger partial charge < -0.3 is 15.4 Å². The number of aromatic hydroxyl groups is 1. The number of carbonyl (C=O) groups excluding carboxylic acids is 1. The minimum Gasteiger partial charge on any atom is -0.508 e. The molecule has 0 radical (unpaired) electrons. The normalized spacial score (nSPS) is 11.5. The number of H-pyrrole nitrogens is 1. The molecule has 0 aliphatic heterocycles. The first-order valence-electron chi connectivity index (χ1n) is 7.09. The maximum absolute atomic E-state index is 12.6. The molecule has 3 N–H and O–H groups in total. The number of pyridine rings is 1. The molecule has 3 rings (SSSR count). The van der Waals surface area contributed by atoms with E-state index in [1.807, 2.05) is 0 Å². The minimum atomic E-state index is -4.70. The largest absolute Gasteiger partial charge is 0.508 e. The molecule has 1 aromatic heterocycles. The summed E-state index contributed by atoms with van der Waals surface area (Å²) in [6, 6.07) is 10.9. The highest BCUT2D eigenvalue weighted by molar-refractivity contribution is 6.09. The van der Waals surface area contributed by atoms with Crippen molar-refractivity contribution in [3.8, 4) is 5.75 Å². The van der Waals surface area contributed by atoms with Crippen molar-refractivity contribution in [2.24, 2.45) is 0 Å². The molecule has 5 nitrogen and oxygen atoms in total. The van der Waals surface area contributed by atoms with E-state index in [0.29, 0.717) is 22.5 Å². The minimum absolute atomic E-state index is 0.0511. The van der Waals surface area contributed by atoms with Crippen LogP contribution < -0.4 is 10.9 Å². The summed E-state index contributed by atoms with van der Waals surface area (Å²) in [5.41, 5.74) is -2.44. The zero-order valence-corrected chi connectivity index (χ0v) is 12.5. The van der Waals surface area contributed by atoms with E-state index in [1.165, 1.54) is 12.1 Å². The number of rotatable bonds is 2. The van der Waals surface area contributed by atoms with E-state index in [-0.39, 0.29) is 5.75 Å². The quantitative estimate of drug-likeness (QED) is 0.663. The molecule has 128 valence electrons. The number of aromatic amines is 1. The second-order valence-electron chi connectivity index (χ2n) is 5.28. The first-order chi connectivity index (χ1) is 11.8. The molecular weight excluding hydrogens is 337 g/mol. The van der Waals surface area contributed by atoms with Gasteiger partial charge in [0, 0.05) is 11.1 Å². The fourth-order valence-corrected chi connectivity index (χ4v) is 2.39. The van der Waals surface area contributed by atoms with Crippen LogP contribution in [-0.2, 0) is 6.18 Å². The monoisotopic (exact) mass is 348 g/mol. The molecule has 2 aromatic carbocycles. The second kappa shape index (κ2) is 5.97. The van der Waals surface area contributed by atoms with Crippen LogP contribution >= 0.6 is 0 Å². The summed E-state index contributed by atoms with van der Waals surface area (Å²) >= 11 is 0. The van der Waals surface area contributed by atoms with Gasteiger partial charge in [-0.25, -0.2) is 0 Å². The van der Waals surface area contributed by atoms with E-state index in [1.54, 1.807) is 29.2 Å². The second-order valence-corrected chi connectivity index (χ2v) is 5.28. The Morgan fingerprint density at radius 2 is 1.84 bits per heavy atom. The van der Waals surface area contributed by atoms with Gasteiger partial charge in [0.1, 0.15) is 17.0 Å². The van der Waals surface area contributed by atoms with Gasteiger partial charge in [-0.05, 0) is 41.8 Å². The number of anilines is 1. The zero-order chi connectivity index (χ0) is 18.2. The lowest BCUT2D eigenvalue weighted by molar-refractivity contribution is -0.141. The lowest BCUT2D eigenvalue weighted by atomic mass is 10.1. The molecule has 0 bridgehead atoms. The molecule has 3 aromatic rings. The molecule has 0 aliphatic rings.